The summed E-state index contributed by atoms with van der Waals surface area (Å²) in [5.74, 6) is 0. The molecule has 0 spiro atoms. The first-order chi connectivity index (χ1) is 5.69. The van der Waals surface area contributed by atoms with Crippen LogP contribution >= 0.6 is 0 Å². The van der Waals surface area contributed by atoms with Gasteiger partial charge in [0.25, 0.3) is 0 Å². The highest BCUT2D eigenvalue weighted by atomic mass is 14.7. The first-order valence-corrected chi connectivity index (χ1v) is 5.05. The minimum atomic E-state index is 0.329. The van der Waals surface area contributed by atoms with Crippen molar-refractivity contribution in [3.05, 3.63) is 12.7 Å². The van der Waals surface area contributed by atoms with Gasteiger partial charge in [-0.1, -0.05) is 32.3 Å². The monoisotopic (exact) mass is 167 g/mol. The van der Waals surface area contributed by atoms with E-state index in [1.165, 1.54) is 32.1 Å². The molecule has 0 heterocycles. The summed E-state index contributed by atoms with van der Waals surface area (Å²) in [4.78, 5) is 0. The molecule has 0 aliphatic heterocycles. The number of rotatable bonds is 3. The van der Waals surface area contributed by atoms with Crippen LogP contribution < -0.4 is 5.73 Å². The zero-order valence-corrected chi connectivity index (χ0v) is 8.18. The maximum atomic E-state index is 6.12. The molecule has 1 nitrogen and oxygen atoms in total. The molecule has 0 bridgehead atoms. The van der Waals surface area contributed by atoms with Crippen LogP contribution in [-0.2, 0) is 0 Å². The van der Waals surface area contributed by atoms with Gasteiger partial charge < -0.3 is 5.73 Å². The molecule has 0 aromatic rings. The quantitative estimate of drug-likeness (QED) is 0.643. The smallest absolute Gasteiger partial charge is 0.0127 e. The Labute approximate surface area is 76.0 Å². The van der Waals surface area contributed by atoms with E-state index in [1.54, 1.807) is 0 Å². The molecule has 1 heteroatoms. The number of hydrogen-bond acceptors (Lipinski definition) is 1. The van der Waals surface area contributed by atoms with E-state index in [9.17, 15) is 0 Å². The minimum Gasteiger partial charge on any atom is -0.327 e. The Morgan fingerprint density at radius 2 is 2.00 bits per heavy atom. The Hall–Kier alpha value is -0.300. The van der Waals surface area contributed by atoms with Crippen molar-refractivity contribution in [2.45, 2.75) is 51.5 Å². The summed E-state index contributed by atoms with van der Waals surface area (Å²) in [5, 5.41) is 0. The van der Waals surface area contributed by atoms with Gasteiger partial charge in [0, 0.05) is 6.04 Å². The van der Waals surface area contributed by atoms with Crippen molar-refractivity contribution in [3.63, 3.8) is 0 Å². The SMILES string of the molecule is C=CCC(N)C1(C)CCCCC1. The Balaban J connectivity index is 2.49. The topological polar surface area (TPSA) is 26.0 Å². The molecule has 0 radical (unpaired) electrons. The summed E-state index contributed by atoms with van der Waals surface area (Å²) in [5.41, 5.74) is 6.52. The second-order valence-electron chi connectivity index (χ2n) is 4.35. The van der Waals surface area contributed by atoms with Gasteiger partial charge in [0.15, 0.2) is 0 Å². The fourth-order valence-corrected chi connectivity index (χ4v) is 2.19. The van der Waals surface area contributed by atoms with Crippen LogP contribution in [0.3, 0.4) is 0 Å². The summed E-state index contributed by atoms with van der Waals surface area (Å²) in [6, 6.07) is 0.329. The van der Waals surface area contributed by atoms with Crippen molar-refractivity contribution in [1.29, 1.82) is 0 Å². The molecule has 1 rings (SSSR count). The molecular weight excluding hydrogens is 146 g/mol. The average Bonchev–Trinajstić information content (AvgIpc) is 2.06. The molecule has 1 aliphatic rings. The van der Waals surface area contributed by atoms with Crippen molar-refractivity contribution in [2.24, 2.45) is 11.1 Å². The van der Waals surface area contributed by atoms with Crippen LogP contribution in [0.2, 0.25) is 0 Å². The zero-order valence-electron chi connectivity index (χ0n) is 8.18. The highest BCUT2D eigenvalue weighted by molar-refractivity contribution is 4.91. The first kappa shape index (κ1) is 9.79. The second kappa shape index (κ2) is 4.08. The van der Waals surface area contributed by atoms with Gasteiger partial charge >= 0.3 is 0 Å². The lowest BCUT2D eigenvalue weighted by atomic mass is 9.70. The lowest BCUT2D eigenvalue weighted by Crippen LogP contribution is -2.40. The van der Waals surface area contributed by atoms with Gasteiger partial charge in [-0.25, -0.2) is 0 Å². The molecule has 1 unspecified atom stereocenters. The highest BCUT2D eigenvalue weighted by Gasteiger charge is 2.31. The van der Waals surface area contributed by atoms with Crippen LogP contribution in [0, 0.1) is 5.41 Å². The molecule has 1 fully saturated rings. The third-order valence-corrected chi connectivity index (χ3v) is 3.31. The van der Waals surface area contributed by atoms with Gasteiger partial charge in [-0.05, 0) is 24.7 Å². The van der Waals surface area contributed by atoms with Crippen molar-refractivity contribution >= 4 is 0 Å². The summed E-state index contributed by atoms with van der Waals surface area (Å²) in [7, 11) is 0. The molecule has 0 saturated heterocycles. The van der Waals surface area contributed by atoms with E-state index in [2.05, 4.69) is 13.5 Å². The van der Waals surface area contributed by atoms with Crippen LogP contribution in [0.1, 0.15) is 45.4 Å². The normalized spacial score (nSPS) is 24.8. The van der Waals surface area contributed by atoms with E-state index in [-0.39, 0.29) is 0 Å². The van der Waals surface area contributed by atoms with Crippen LogP contribution in [0.25, 0.3) is 0 Å². The fourth-order valence-electron chi connectivity index (χ4n) is 2.19. The lowest BCUT2D eigenvalue weighted by molar-refractivity contribution is 0.170. The number of hydrogen-bond donors (Lipinski definition) is 1. The van der Waals surface area contributed by atoms with E-state index in [0.29, 0.717) is 11.5 Å². The summed E-state index contributed by atoms with van der Waals surface area (Å²) < 4.78 is 0. The number of nitrogens with two attached hydrogens (primary N) is 1. The van der Waals surface area contributed by atoms with Crippen molar-refractivity contribution in [3.8, 4) is 0 Å². The zero-order chi connectivity index (χ0) is 9.03. The predicted molar refractivity (Wildman–Crippen MR) is 54.0 cm³/mol. The molecule has 1 atom stereocenters. The van der Waals surface area contributed by atoms with Crippen molar-refractivity contribution in [1.82, 2.24) is 0 Å². The second-order valence-corrected chi connectivity index (χ2v) is 4.35. The van der Waals surface area contributed by atoms with Gasteiger partial charge in [0.05, 0.1) is 0 Å². The molecule has 1 aliphatic carbocycles. The van der Waals surface area contributed by atoms with E-state index in [0.717, 1.165) is 6.42 Å². The predicted octanol–water partition coefficient (Wildman–Crippen LogP) is 2.86. The van der Waals surface area contributed by atoms with Gasteiger partial charge in [-0.3, -0.25) is 0 Å². The van der Waals surface area contributed by atoms with Gasteiger partial charge in [0.2, 0.25) is 0 Å². The first-order valence-electron chi connectivity index (χ1n) is 5.05. The molecule has 12 heavy (non-hydrogen) atoms. The summed E-state index contributed by atoms with van der Waals surface area (Å²) >= 11 is 0. The van der Waals surface area contributed by atoms with Crippen LogP contribution in [0.15, 0.2) is 12.7 Å². The molecule has 0 aromatic heterocycles. The van der Waals surface area contributed by atoms with E-state index in [4.69, 9.17) is 5.73 Å². The highest BCUT2D eigenvalue weighted by Crippen LogP contribution is 2.38. The van der Waals surface area contributed by atoms with Gasteiger partial charge in [-0.15, -0.1) is 6.58 Å². The maximum absolute atomic E-state index is 6.12. The van der Waals surface area contributed by atoms with Crippen LogP contribution in [-0.4, -0.2) is 6.04 Å². The molecule has 2 N–H and O–H groups in total. The third-order valence-electron chi connectivity index (χ3n) is 3.31. The van der Waals surface area contributed by atoms with E-state index >= 15 is 0 Å². The van der Waals surface area contributed by atoms with E-state index in [1.807, 2.05) is 6.08 Å². The Morgan fingerprint density at radius 1 is 1.42 bits per heavy atom. The Bertz CT molecular complexity index is 145. The lowest BCUT2D eigenvalue weighted by Gasteiger charge is -2.38. The summed E-state index contributed by atoms with van der Waals surface area (Å²) in [6.45, 7) is 6.08. The standard InChI is InChI=1S/C11H21N/c1-3-7-10(12)11(2)8-5-4-6-9-11/h3,10H,1,4-9,12H2,2H3. The largest absolute Gasteiger partial charge is 0.327 e. The summed E-state index contributed by atoms with van der Waals surface area (Å²) in [6.07, 6.45) is 9.66. The Kier molecular flexibility index (Phi) is 3.33. The van der Waals surface area contributed by atoms with Crippen LogP contribution in [0.4, 0.5) is 0 Å². The average molecular weight is 167 g/mol. The molecule has 70 valence electrons. The fraction of sp³-hybridized carbons (Fsp3) is 0.818. The third kappa shape index (κ3) is 2.10. The molecule has 1 saturated carbocycles. The van der Waals surface area contributed by atoms with Gasteiger partial charge in [-0.2, -0.15) is 0 Å². The molecular formula is C11H21N. The molecule has 0 aromatic carbocycles. The maximum Gasteiger partial charge on any atom is 0.0127 e. The minimum absolute atomic E-state index is 0.329. The van der Waals surface area contributed by atoms with Gasteiger partial charge in [0.1, 0.15) is 0 Å². The van der Waals surface area contributed by atoms with E-state index < -0.39 is 0 Å². The Morgan fingerprint density at radius 3 is 2.50 bits per heavy atom. The van der Waals surface area contributed by atoms with Crippen molar-refractivity contribution < 1.29 is 0 Å². The van der Waals surface area contributed by atoms with Crippen LogP contribution in [0.5, 0.6) is 0 Å². The van der Waals surface area contributed by atoms with Crippen molar-refractivity contribution in [2.75, 3.05) is 0 Å². The molecule has 0 amide bonds.